The van der Waals surface area contributed by atoms with E-state index >= 15 is 0 Å². The first-order valence-electron chi connectivity index (χ1n) is 9.63. The highest BCUT2D eigenvalue weighted by molar-refractivity contribution is 14.0. The van der Waals surface area contributed by atoms with Crippen LogP contribution < -0.4 is 10.6 Å². The van der Waals surface area contributed by atoms with Crippen molar-refractivity contribution in [1.29, 1.82) is 0 Å². The second-order valence-corrected chi connectivity index (χ2v) is 8.33. The molecule has 2 rings (SSSR count). The molecule has 2 N–H and O–H groups in total. The fourth-order valence-electron chi connectivity index (χ4n) is 3.88. The molecule has 28 heavy (non-hydrogen) atoms. The minimum atomic E-state index is -0.395. The van der Waals surface area contributed by atoms with Crippen LogP contribution in [0, 0.1) is 11.2 Å². The molecule has 1 aliphatic carbocycles. The zero-order chi connectivity index (χ0) is 20.1. The number of amides is 1. The Labute approximate surface area is 185 Å². The fraction of sp³-hybridized carbons (Fsp3) is 0.619. The Balaban J connectivity index is 0.00000392. The van der Waals surface area contributed by atoms with E-state index in [1.165, 1.54) is 6.07 Å². The number of carbonyl (C=O) groups excluding carboxylic acids is 1. The summed E-state index contributed by atoms with van der Waals surface area (Å²) < 4.78 is 14.1. The van der Waals surface area contributed by atoms with Crippen molar-refractivity contribution in [3.8, 4) is 0 Å². The van der Waals surface area contributed by atoms with Gasteiger partial charge in [0, 0.05) is 39.6 Å². The topological polar surface area (TPSA) is 56.7 Å². The van der Waals surface area contributed by atoms with Crippen LogP contribution in [-0.2, 0) is 10.2 Å². The van der Waals surface area contributed by atoms with Crippen molar-refractivity contribution in [2.24, 2.45) is 10.4 Å². The first-order valence-corrected chi connectivity index (χ1v) is 9.63. The Hall–Kier alpha value is -1.38. The van der Waals surface area contributed by atoms with Crippen molar-refractivity contribution < 1.29 is 9.18 Å². The summed E-state index contributed by atoms with van der Waals surface area (Å²) in [5.74, 6) is 0.612. The van der Waals surface area contributed by atoms with E-state index in [-0.39, 0.29) is 41.1 Å². The van der Waals surface area contributed by atoms with Gasteiger partial charge in [0.2, 0.25) is 5.91 Å². The van der Waals surface area contributed by atoms with Crippen molar-refractivity contribution >= 4 is 35.8 Å². The number of carbonyl (C=O) groups is 1. The standard InChI is InChI=1S/C21H33FN4O.HI/c1-20(2,16-10-6-7-11-17(16)22)14-24-19(23-3)25-15-21(12-8-9-13-21)18(27)26(4)5;/h6-7,10-11H,8-9,12-15H2,1-5H3,(H2,23,24,25);1H. The molecule has 0 atom stereocenters. The van der Waals surface area contributed by atoms with Crippen molar-refractivity contribution in [2.45, 2.75) is 44.9 Å². The summed E-state index contributed by atoms with van der Waals surface area (Å²) in [6.45, 7) is 5.09. The molecule has 1 fully saturated rings. The number of hydrogen-bond donors (Lipinski definition) is 2. The molecule has 0 aliphatic heterocycles. The van der Waals surface area contributed by atoms with Gasteiger partial charge in [-0.3, -0.25) is 9.79 Å². The molecule has 0 radical (unpaired) electrons. The molecule has 0 bridgehead atoms. The predicted molar refractivity (Wildman–Crippen MR) is 124 cm³/mol. The Kier molecular flexibility index (Phi) is 9.17. The van der Waals surface area contributed by atoms with Gasteiger partial charge in [0.1, 0.15) is 5.82 Å². The molecule has 0 unspecified atom stereocenters. The van der Waals surface area contributed by atoms with Gasteiger partial charge < -0.3 is 15.5 Å². The lowest BCUT2D eigenvalue weighted by Crippen LogP contribution is -2.50. The maximum absolute atomic E-state index is 14.1. The van der Waals surface area contributed by atoms with Gasteiger partial charge in [0.25, 0.3) is 0 Å². The Morgan fingerprint density at radius 3 is 2.36 bits per heavy atom. The van der Waals surface area contributed by atoms with Crippen LogP contribution in [0.2, 0.25) is 0 Å². The van der Waals surface area contributed by atoms with Crippen LogP contribution in [0.3, 0.4) is 0 Å². The Morgan fingerprint density at radius 2 is 1.82 bits per heavy atom. The number of rotatable bonds is 6. The fourth-order valence-corrected chi connectivity index (χ4v) is 3.88. The van der Waals surface area contributed by atoms with Crippen LogP contribution >= 0.6 is 24.0 Å². The van der Waals surface area contributed by atoms with E-state index in [9.17, 15) is 9.18 Å². The smallest absolute Gasteiger partial charge is 0.230 e. The van der Waals surface area contributed by atoms with Crippen LogP contribution in [0.5, 0.6) is 0 Å². The number of nitrogens with zero attached hydrogens (tertiary/aromatic N) is 2. The lowest BCUT2D eigenvalue weighted by molar-refractivity contribution is -0.138. The average molecular weight is 504 g/mol. The van der Waals surface area contributed by atoms with Gasteiger partial charge in [0.05, 0.1) is 5.41 Å². The van der Waals surface area contributed by atoms with Crippen LogP contribution in [0.1, 0.15) is 45.1 Å². The van der Waals surface area contributed by atoms with Crippen LogP contribution in [0.25, 0.3) is 0 Å². The number of hydrogen-bond acceptors (Lipinski definition) is 2. The highest BCUT2D eigenvalue weighted by Gasteiger charge is 2.42. The van der Waals surface area contributed by atoms with Crippen LogP contribution in [-0.4, -0.2) is 51.0 Å². The lowest BCUT2D eigenvalue weighted by atomic mass is 9.84. The maximum atomic E-state index is 14.1. The van der Waals surface area contributed by atoms with Crippen molar-refractivity contribution in [1.82, 2.24) is 15.5 Å². The third-order valence-electron chi connectivity index (χ3n) is 5.54. The zero-order valence-electron chi connectivity index (χ0n) is 17.6. The minimum Gasteiger partial charge on any atom is -0.356 e. The second kappa shape index (κ2) is 10.4. The van der Waals surface area contributed by atoms with E-state index in [0.29, 0.717) is 24.6 Å². The Bertz CT molecular complexity index is 685. The molecule has 1 aromatic rings. The molecule has 1 amide bonds. The molecule has 1 saturated carbocycles. The molecule has 7 heteroatoms. The van der Waals surface area contributed by atoms with Gasteiger partial charge >= 0.3 is 0 Å². The normalized spacial score (nSPS) is 16.3. The van der Waals surface area contributed by atoms with Crippen molar-refractivity contribution in [3.63, 3.8) is 0 Å². The summed E-state index contributed by atoms with van der Waals surface area (Å²) in [4.78, 5) is 18.7. The number of benzene rings is 1. The monoisotopic (exact) mass is 504 g/mol. The van der Waals surface area contributed by atoms with E-state index in [2.05, 4.69) is 15.6 Å². The SMILES string of the molecule is CN=C(NCC1(C(=O)N(C)C)CCCC1)NCC(C)(C)c1ccccc1F.I. The largest absolute Gasteiger partial charge is 0.356 e. The third-order valence-corrected chi connectivity index (χ3v) is 5.54. The summed E-state index contributed by atoms with van der Waals surface area (Å²) in [5, 5.41) is 6.62. The van der Waals surface area contributed by atoms with Gasteiger partial charge in [-0.25, -0.2) is 4.39 Å². The van der Waals surface area contributed by atoms with Crippen molar-refractivity contribution in [2.75, 3.05) is 34.2 Å². The summed E-state index contributed by atoms with van der Waals surface area (Å²) in [5.41, 5.74) is -0.0849. The van der Waals surface area contributed by atoms with E-state index < -0.39 is 5.41 Å². The van der Waals surface area contributed by atoms with Gasteiger partial charge in [-0.2, -0.15) is 0 Å². The predicted octanol–water partition coefficient (Wildman–Crippen LogP) is 3.53. The summed E-state index contributed by atoms with van der Waals surface area (Å²) in [6, 6.07) is 6.85. The molecule has 0 saturated heterocycles. The first kappa shape index (κ1) is 24.7. The minimum absolute atomic E-state index is 0. The highest BCUT2D eigenvalue weighted by atomic mass is 127. The number of halogens is 2. The number of aliphatic imine (C=N–C) groups is 1. The van der Waals surface area contributed by atoms with E-state index in [0.717, 1.165) is 25.7 Å². The molecule has 1 aromatic carbocycles. The molecule has 0 heterocycles. The van der Waals surface area contributed by atoms with Gasteiger partial charge in [-0.1, -0.05) is 44.9 Å². The highest BCUT2D eigenvalue weighted by Crippen LogP contribution is 2.38. The van der Waals surface area contributed by atoms with Crippen molar-refractivity contribution in [3.05, 3.63) is 35.6 Å². The van der Waals surface area contributed by atoms with Crippen LogP contribution in [0.15, 0.2) is 29.3 Å². The quantitative estimate of drug-likeness (QED) is 0.354. The number of nitrogens with one attached hydrogen (secondary N) is 2. The van der Waals surface area contributed by atoms with E-state index in [4.69, 9.17) is 0 Å². The molecule has 0 aromatic heterocycles. The van der Waals surface area contributed by atoms with E-state index in [1.54, 1.807) is 18.0 Å². The maximum Gasteiger partial charge on any atom is 0.230 e. The van der Waals surface area contributed by atoms with Gasteiger partial charge in [-0.05, 0) is 24.5 Å². The molecular formula is C21H34FIN4O. The molecule has 1 aliphatic rings. The molecular weight excluding hydrogens is 470 g/mol. The van der Waals surface area contributed by atoms with Gasteiger partial charge in [0.15, 0.2) is 5.96 Å². The molecule has 158 valence electrons. The number of guanidine groups is 1. The van der Waals surface area contributed by atoms with Crippen LogP contribution in [0.4, 0.5) is 4.39 Å². The van der Waals surface area contributed by atoms with E-state index in [1.807, 2.05) is 40.1 Å². The Morgan fingerprint density at radius 1 is 1.21 bits per heavy atom. The first-order chi connectivity index (χ1) is 12.7. The third kappa shape index (κ3) is 5.81. The van der Waals surface area contributed by atoms with Gasteiger partial charge in [-0.15, -0.1) is 24.0 Å². The average Bonchev–Trinajstić information content (AvgIpc) is 3.11. The second-order valence-electron chi connectivity index (χ2n) is 8.33. The zero-order valence-corrected chi connectivity index (χ0v) is 20.0. The summed E-state index contributed by atoms with van der Waals surface area (Å²) in [7, 11) is 5.33. The summed E-state index contributed by atoms with van der Waals surface area (Å²) in [6.07, 6.45) is 3.95. The summed E-state index contributed by atoms with van der Waals surface area (Å²) >= 11 is 0. The molecule has 5 nitrogen and oxygen atoms in total. The molecule has 0 spiro atoms. The lowest BCUT2D eigenvalue weighted by Gasteiger charge is -2.32.